The molecule has 0 unspecified atom stereocenters. The van der Waals surface area contributed by atoms with Crippen molar-refractivity contribution in [3.63, 3.8) is 0 Å². The highest BCUT2D eigenvalue weighted by Crippen LogP contribution is 2.47. The molecular formula is C30H32FN3O7. The summed E-state index contributed by atoms with van der Waals surface area (Å²) in [5.74, 6) is -0.961. The predicted octanol–water partition coefficient (Wildman–Crippen LogP) is 4.56. The molecule has 0 amide bonds. The van der Waals surface area contributed by atoms with Crippen LogP contribution in [0.2, 0.25) is 0 Å². The van der Waals surface area contributed by atoms with Crippen molar-refractivity contribution in [3.8, 4) is 22.9 Å². The highest BCUT2D eigenvalue weighted by atomic mass is 19.1. The molecule has 3 aromatic rings. The monoisotopic (exact) mass is 565 g/mol. The summed E-state index contributed by atoms with van der Waals surface area (Å²) in [7, 11) is 2.80. The van der Waals surface area contributed by atoms with Gasteiger partial charge >= 0.3 is 5.97 Å². The van der Waals surface area contributed by atoms with E-state index in [2.05, 4.69) is 15.0 Å². The number of carbonyl (C=O) groups excluding carboxylic acids is 2. The summed E-state index contributed by atoms with van der Waals surface area (Å²) in [6.07, 6.45) is 3.78. The van der Waals surface area contributed by atoms with Crippen molar-refractivity contribution in [2.24, 2.45) is 11.8 Å². The molecule has 1 aromatic carbocycles. The van der Waals surface area contributed by atoms with Crippen molar-refractivity contribution in [1.82, 2.24) is 15.0 Å². The van der Waals surface area contributed by atoms with Crippen LogP contribution in [0.15, 0.2) is 36.7 Å². The number of benzene rings is 1. The number of hydrogen-bond acceptors (Lipinski definition) is 10. The van der Waals surface area contributed by atoms with Gasteiger partial charge < -0.3 is 24.1 Å². The van der Waals surface area contributed by atoms with Gasteiger partial charge in [0.2, 0.25) is 12.2 Å². The average Bonchev–Trinajstić information content (AvgIpc) is 3.66. The zero-order valence-electron chi connectivity index (χ0n) is 23.1. The minimum Gasteiger partial charge on any atom is -0.508 e. The molecule has 5 rings (SSSR count). The lowest BCUT2D eigenvalue weighted by molar-refractivity contribution is -0.145. The highest BCUT2D eigenvalue weighted by molar-refractivity contribution is 5.94. The van der Waals surface area contributed by atoms with Crippen LogP contribution in [0.5, 0.6) is 11.6 Å². The molecule has 0 bridgehead atoms. The molecule has 1 aliphatic carbocycles. The molecule has 2 fully saturated rings. The standard InChI is InChI=1S/C30H32FN3O7/c1-16(29(37)39-3)26(18-5-6-18)19-7-4-17(24(36)12-19)8-9-23(35)22-15-33-27(28(34-22)30-40-10-11-41-30)20-13-25(38-2)32-14-21(20)31/h4,7,12-16,18,26,30,36H,5-6,8-11H2,1-3H3/t16-,26-/m0/s1. The van der Waals surface area contributed by atoms with E-state index in [-0.39, 0.29) is 70.7 Å². The van der Waals surface area contributed by atoms with Crippen LogP contribution in [0.3, 0.4) is 0 Å². The van der Waals surface area contributed by atoms with E-state index in [9.17, 15) is 19.1 Å². The number of Topliss-reactive ketones (excluding diaryl/α,β-unsaturated/α-hetero) is 1. The SMILES string of the molecule is COC(=O)[C@@H](C)[C@H](c1ccc(CCC(=O)c2cnc(-c3cc(OC)ncc3F)c(C3OCCO3)n2)c(O)c1)C1CC1. The Morgan fingerprint density at radius 2 is 1.88 bits per heavy atom. The molecule has 1 aliphatic heterocycles. The number of methoxy groups -OCH3 is 2. The molecule has 1 saturated carbocycles. The smallest absolute Gasteiger partial charge is 0.309 e. The summed E-state index contributed by atoms with van der Waals surface area (Å²) in [5.41, 5.74) is 1.97. The van der Waals surface area contributed by atoms with Crippen LogP contribution >= 0.6 is 0 Å². The Balaban J connectivity index is 1.35. The number of ketones is 1. The van der Waals surface area contributed by atoms with Crippen molar-refractivity contribution in [2.75, 3.05) is 27.4 Å². The lowest BCUT2D eigenvalue weighted by Crippen LogP contribution is -2.22. The van der Waals surface area contributed by atoms with E-state index < -0.39 is 12.1 Å². The van der Waals surface area contributed by atoms with E-state index in [1.165, 1.54) is 26.5 Å². The van der Waals surface area contributed by atoms with Crippen molar-refractivity contribution in [2.45, 2.75) is 44.8 Å². The molecule has 11 heteroatoms. The Bertz CT molecular complexity index is 1440. The Hall–Kier alpha value is -3.96. The second-order valence-corrected chi connectivity index (χ2v) is 10.3. The molecule has 3 heterocycles. The van der Waals surface area contributed by atoms with Gasteiger partial charge in [0.25, 0.3) is 0 Å². The summed E-state index contributed by atoms with van der Waals surface area (Å²) >= 11 is 0. The van der Waals surface area contributed by atoms with Crippen LogP contribution < -0.4 is 4.74 Å². The maximum atomic E-state index is 14.7. The fraction of sp³-hybridized carbons (Fsp3) is 0.433. The van der Waals surface area contributed by atoms with Gasteiger partial charge in [-0.05, 0) is 48.3 Å². The molecule has 0 radical (unpaired) electrons. The number of phenolic OH excluding ortho intramolecular Hbond substituents is 1. The number of esters is 1. The number of ether oxygens (including phenoxy) is 4. The first-order chi connectivity index (χ1) is 19.8. The van der Waals surface area contributed by atoms with Crippen molar-refractivity contribution >= 4 is 11.8 Å². The van der Waals surface area contributed by atoms with E-state index >= 15 is 0 Å². The van der Waals surface area contributed by atoms with Gasteiger partial charge in [0.05, 0.1) is 45.7 Å². The van der Waals surface area contributed by atoms with Crippen LogP contribution in [0.25, 0.3) is 11.3 Å². The van der Waals surface area contributed by atoms with Gasteiger partial charge in [-0.15, -0.1) is 0 Å². The van der Waals surface area contributed by atoms with Crippen molar-refractivity contribution in [3.05, 3.63) is 65.0 Å². The Labute approximate surface area is 236 Å². The maximum Gasteiger partial charge on any atom is 0.309 e. The number of pyridine rings is 1. The molecule has 41 heavy (non-hydrogen) atoms. The second-order valence-electron chi connectivity index (χ2n) is 10.3. The van der Waals surface area contributed by atoms with Gasteiger partial charge in [0.15, 0.2) is 11.6 Å². The van der Waals surface area contributed by atoms with Crippen LogP contribution in [-0.2, 0) is 25.4 Å². The third kappa shape index (κ3) is 6.20. The fourth-order valence-electron chi connectivity index (χ4n) is 5.27. The first kappa shape index (κ1) is 28.6. The molecule has 216 valence electrons. The van der Waals surface area contributed by atoms with Gasteiger partial charge in [-0.1, -0.05) is 19.1 Å². The first-order valence-corrected chi connectivity index (χ1v) is 13.5. The summed E-state index contributed by atoms with van der Waals surface area (Å²) < 4.78 is 36.0. The van der Waals surface area contributed by atoms with Gasteiger partial charge in [-0.2, -0.15) is 0 Å². The average molecular weight is 566 g/mol. The third-order valence-electron chi connectivity index (χ3n) is 7.58. The maximum absolute atomic E-state index is 14.7. The Kier molecular flexibility index (Phi) is 8.55. The Morgan fingerprint density at radius 1 is 1.12 bits per heavy atom. The Morgan fingerprint density at radius 3 is 2.54 bits per heavy atom. The number of rotatable bonds is 11. The zero-order chi connectivity index (χ0) is 29.1. The largest absolute Gasteiger partial charge is 0.508 e. The molecule has 2 atom stereocenters. The molecule has 0 spiro atoms. The van der Waals surface area contributed by atoms with Crippen LogP contribution in [-0.4, -0.2) is 59.2 Å². The topological polar surface area (TPSA) is 130 Å². The number of phenols is 1. The van der Waals surface area contributed by atoms with Crippen molar-refractivity contribution < 1.29 is 38.0 Å². The van der Waals surface area contributed by atoms with Crippen LogP contribution in [0.1, 0.15) is 65.7 Å². The third-order valence-corrected chi connectivity index (χ3v) is 7.58. The number of hydrogen-bond donors (Lipinski definition) is 1. The molecule has 1 N–H and O–H groups in total. The van der Waals surface area contributed by atoms with Crippen molar-refractivity contribution in [1.29, 1.82) is 0 Å². The van der Waals surface area contributed by atoms with Crippen LogP contribution in [0, 0.1) is 17.7 Å². The molecular weight excluding hydrogens is 533 g/mol. The normalized spacial score (nSPS) is 16.8. The van der Waals surface area contributed by atoms with Crippen LogP contribution in [0.4, 0.5) is 4.39 Å². The lowest BCUT2D eigenvalue weighted by Gasteiger charge is -2.23. The highest BCUT2D eigenvalue weighted by Gasteiger charge is 2.39. The number of aromatic nitrogens is 3. The minimum absolute atomic E-state index is 0.0403. The number of aromatic hydroxyl groups is 1. The number of aryl methyl sites for hydroxylation is 1. The van der Waals surface area contributed by atoms with E-state index in [0.717, 1.165) is 24.6 Å². The fourth-order valence-corrected chi connectivity index (χ4v) is 5.27. The lowest BCUT2D eigenvalue weighted by atomic mass is 9.82. The first-order valence-electron chi connectivity index (χ1n) is 13.5. The van der Waals surface area contributed by atoms with E-state index in [0.29, 0.717) is 24.7 Å². The summed E-state index contributed by atoms with van der Waals surface area (Å²) in [6.45, 7) is 2.49. The van der Waals surface area contributed by atoms with Gasteiger partial charge in [-0.3, -0.25) is 14.6 Å². The van der Waals surface area contributed by atoms with E-state index in [1.54, 1.807) is 12.1 Å². The molecule has 10 nitrogen and oxygen atoms in total. The summed E-state index contributed by atoms with van der Waals surface area (Å²) in [5, 5.41) is 10.8. The summed E-state index contributed by atoms with van der Waals surface area (Å²) in [4.78, 5) is 38.1. The van der Waals surface area contributed by atoms with E-state index in [4.69, 9.17) is 18.9 Å². The zero-order valence-corrected chi connectivity index (χ0v) is 23.1. The van der Waals surface area contributed by atoms with Gasteiger partial charge in [-0.25, -0.2) is 14.4 Å². The number of nitrogens with zero attached hydrogens (tertiary/aromatic N) is 3. The minimum atomic E-state index is -0.910. The second kappa shape index (κ2) is 12.3. The molecule has 2 aromatic heterocycles. The quantitative estimate of drug-likeness (QED) is 0.261. The van der Waals surface area contributed by atoms with E-state index in [1.807, 2.05) is 13.0 Å². The molecule has 1 saturated heterocycles. The number of carbonyl (C=O) groups is 2. The predicted molar refractivity (Wildman–Crippen MR) is 144 cm³/mol. The van der Waals surface area contributed by atoms with Gasteiger partial charge in [0.1, 0.15) is 22.8 Å². The number of halogens is 1. The molecule has 2 aliphatic rings. The summed E-state index contributed by atoms with van der Waals surface area (Å²) in [6, 6.07) is 6.77. The van der Waals surface area contributed by atoms with Gasteiger partial charge in [0, 0.05) is 18.1 Å².